The molecule has 17 heavy (non-hydrogen) atoms. The molecule has 0 fully saturated rings. The number of methoxy groups -OCH3 is 1. The van der Waals surface area contributed by atoms with E-state index < -0.39 is 0 Å². The van der Waals surface area contributed by atoms with E-state index in [1.165, 1.54) is 11.1 Å². The van der Waals surface area contributed by atoms with Crippen molar-refractivity contribution in [1.82, 2.24) is 0 Å². The SMILES string of the molecule is COC(C)(C)CCc1ccc(CCC=O)cc1. The molecule has 1 aromatic rings. The summed E-state index contributed by atoms with van der Waals surface area (Å²) in [5.74, 6) is 0. The van der Waals surface area contributed by atoms with Gasteiger partial charge in [-0.3, -0.25) is 0 Å². The van der Waals surface area contributed by atoms with Gasteiger partial charge in [0.1, 0.15) is 6.29 Å². The molecular weight excluding hydrogens is 212 g/mol. The van der Waals surface area contributed by atoms with E-state index >= 15 is 0 Å². The average molecular weight is 234 g/mol. The normalized spacial score (nSPS) is 11.5. The molecule has 0 bridgehead atoms. The summed E-state index contributed by atoms with van der Waals surface area (Å²) in [6, 6.07) is 8.51. The molecule has 2 nitrogen and oxygen atoms in total. The van der Waals surface area contributed by atoms with Gasteiger partial charge in [-0.2, -0.15) is 0 Å². The predicted octanol–water partition coefficient (Wildman–Crippen LogP) is 3.18. The van der Waals surface area contributed by atoms with Crippen LogP contribution in [0, 0.1) is 0 Å². The Hall–Kier alpha value is -1.15. The highest BCUT2D eigenvalue weighted by atomic mass is 16.5. The second-order valence-corrected chi connectivity index (χ2v) is 4.99. The van der Waals surface area contributed by atoms with Crippen LogP contribution in [0.1, 0.15) is 37.8 Å². The molecule has 0 saturated carbocycles. The largest absolute Gasteiger partial charge is 0.379 e. The Balaban J connectivity index is 2.48. The minimum absolute atomic E-state index is 0.0593. The summed E-state index contributed by atoms with van der Waals surface area (Å²) < 4.78 is 5.40. The lowest BCUT2D eigenvalue weighted by molar-refractivity contribution is -0.107. The number of aldehydes is 1. The van der Waals surface area contributed by atoms with Gasteiger partial charge < -0.3 is 9.53 Å². The van der Waals surface area contributed by atoms with Gasteiger partial charge in [-0.15, -0.1) is 0 Å². The van der Waals surface area contributed by atoms with Crippen LogP contribution in [0.25, 0.3) is 0 Å². The van der Waals surface area contributed by atoms with Crippen LogP contribution in [0.5, 0.6) is 0 Å². The Labute approximate surface area is 104 Å². The number of ether oxygens (including phenoxy) is 1. The summed E-state index contributed by atoms with van der Waals surface area (Å²) in [7, 11) is 1.75. The first-order chi connectivity index (χ1) is 8.07. The van der Waals surface area contributed by atoms with E-state index in [9.17, 15) is 4.79 Å². The second-order valence-electron chi connectivity index (χ2n) is 4.99. The number of rotatable bonds is 7. The zero-order valence-electron chi connectivity index (χ0n) is 11.0. The lowest BCUT2D eigenvalue weighted by Crippen LogP contribution is -2.22. The van der Waals surface area contributed by atoms with Gasteiger partial charge in [0.25, 0.3) is 0 Å². The van der Waals surface area contributed by atoms with E-state index in [1.54, 1.807) is 7.11 Å². The molecule has 0 aliphatic carbocycles. The van der Waals surface area contributed by atoms with Crippen LogP contribution in [0.4, 0.5) is 0 Å². The maximum atomic E-state index is 10.3. The van der Waals surface area contributed by atoms with Crippen molar-refractivity contribution in [2.24, 2.45) is 0 Å². The first kappa shape index (κ1) is 13.9. The van der Waals surface area contributed by atoms with Crippen molar-refractivity contribution >= 4 is 6.29 Å². The first-order valence-corrected chi connectivity index (χ1v) is 6.14. The second kappa shape index (κ2) is 6.55. The minimum Gasteiger partial charge on any atom is -0.379 e. The number of benzene rings is 1. The Morgan fingerprint density at radius 2 is 1.65 bits per heavy atom. The molecule has 0 heterocycles. The molecule has 0 N–H and O–H groups in total. The monoisotopic (exact) mass is 234 g/mol. The fourth-order valence-electron chi connectivity index (χ4n) is 1.65. The third-order valence-corrected chi connectivity index (χ3v) is 3.14. The summed E-state index contributed by atoms with van der Waals surface area (Å²) in [4.78, 5) is 10.3. The van der Waals surface area contributed by atoms with Gasteiger partial charge in [-0.1, -0.05) is 24.3 Å². The molecule has 94 valence electrons. The molecule has 0 spiro atoms. The average Bonchev–Trinajstić information content (AvgIpc) is 2.35. The van der Waals surface area contributed by atoms with E-state index in [0.29, 0.717) is 6.42 Å². The smallest absolute Gasteiger partial charge is 0.120 e. The third-order valence-electron chi connectivity index (χ3n) is 3.14. The van der Waals surface area contributed by atoms with Gasteiger partial charge in [0.05, 0.1) is 5.60 Å². The maximum absolute atomic E-state index is 10.3. The van der Waals surface area contributed by atoms with Gasteiger partial charge in [0.15, 0.2) is 0 Å². The van der Waals surface area contributed by atoms with Crippen molar-refractivity contribution in [3.8, 4) is 0 Å². The van der Waals surface area contributed by atoms with Crippen LogP contribution in [-0.4, -0.2) is 19.0 Å². The molecule has 0 unspecified atom stereocenters. The predicted molar refractivity (Wildman–Crippen MR) is 70.2 cm³/mol. The number of aryl methyl sites for hydroxylation is 2. The summed E-state index contributed by atoms with van der Waals surface area (Å²) in [5.41, 5.74) is 2.49. The highest BCUT2D eigenvalue weighted by Gasteiger charge is 2.15. The molecule has 0 saturated heterocycles. The molecule has 0 aliphatic heterocycles. The van der Waals surface area contributed by atoms with Crippen LogP contribution >= 0.6 is 0 Å². The zero-order chi connectivity index (χ0) is 12.7. The first-order valence-electron chi connectivity index (χ1n) is 6.14. The van der Waals surface area contributed by atoms with Crippen molar-refractivity contribution in [2.75, 3.05) is 7.11 Å². The molecule has 0 atom stereocenters. The lowest BCUT2D eigenvalue weighted by atomic mass is 9.97. The Bertz CT molecular complexity index is 338. The highest BCUT2D eigenvalue weighted by molar-refractivity contribution is 5.50. The van der Waals surface area contributed by atoms with Crippen molar-refractivity contribution in [3.05, 3.63) is 35.4 Å². The molecule has 0 aliphatic rings. The van der Waals surface area contributed by atoms with Crippen LogP contribution in [-0.2, 0) is 22.4 Å². The quantitative estimate of drug-likeness (QED) is 0.677. The van der Waals surface area contributed by atoms with Crippen LogP contribution < -0.4 is 0 Å². The zero-order valence-corrected chi connectivity index (χ0v) is 11.0. The third kappa shape index (κ3) is 5.14. The van der Waals surface area contributed by atoms with Crippen molar-refractivity contribution in [1.29, 1.82) is 0 Å². The summed E-state index contributed by atoms with van der Waals surface area (Å²) in [6.45, 7) is 4.21. The number of hydrogen-bond donors (Lipinski definition) is 0. The van der Waals surface area contributed by atoms with Crippen LogP contribution in [0.15, 0.2) is 24.3 Å². The number of carbonyl (C=O) groups excluding carboxylic acids is 1. The minimum atomic E-state index is -0.0593. The Kier molecular flexibility index (Phi) is 5.36. The molecular formula is C15H22O2. The summed E-state index contributed by atoms with van der Waals surface area (Å²) in [6.07, 6.45) is 4.45. The summed E-state index contributed by atoms with van der Waals surface area (Å²) >= 11 is 0. The fourth-order valence-corrected chi connectivity index (χ4v) is 1.65. The molecule has 0 aromatic heterocycles. The van der Waals surface area contributed by atoms with E-state index in [0.717, 1.165) is 25.5 Å². The molecule has 2 heteroatoms. The van der Waals surface area contributed by atoms with E-state index in [2.05, 4.69) is 38.1 Å². The number of hydrogen-bond acceptors (Lipinski definition) is 2. The maximum Gasteiger partial charge on any atom is 0.120 e. The molecule has 0 radical (unpaired) electrons. The van der Waals surface area contributed by atoms with E-state index in [-0.39, 0.29) is 5.60 Å². The van der Waals surface area contributed by atoms with Crippen LogP contribution in [0.2, 0.25) is 0 Å². The van der Waals surface area contributed by atoms with Crippen molar-refractivity contribution in [2.45, 2.75) is 45.1 Å². The van der Waals surface area contributed by atoms with E-state index in [4.69, 9.17) is 4.74 Å². The van der Waals surface area contributed by atoms with Crippen molar-refractivity contribution in [3.63, 3.8) is 0 Å². The fraction of sp³-hybridized carbons (Fsp3) is 0.533. The van der Waals surface area contributed by atoms with Gasteiger partial charge in [0, 0.05) is 13.5 Å². The molecule has 1 aromatic carbocycles. The highest BCUT2D eigenvalue weighted by Crippen LogP contribution is 2.17. The summed E-state index contributed by atoms with van der Waals surface area (Å²) in [5, 5.41) is 0. The molecule has 0 amide bonds. The van der Waals surface area contributed by atoms with Gasteiger partial charge in [-0.05, 0) is 44.2 Å². The topological polar surface area (TPSA) is 26.3 Å². The van der Waals surface area contributed by atoms with E-state index in [1.807, 2.05) is 0 Å². The standard InChI is InChI=1S/C15H22O2/c1-15(2,17-3)11-10-14-8-6-13(7-9-14)5-4-12-16/h6-9,12H,4-5,10-11H2,1-3H3. The Morgan fingerprint density at radius 3 is 2.12 bits per heavy atom. The Morgan fingerprint density at radius 1 is 1.12 bits per heavy atom. The van der Waals surface area contributed by atoms with Crippen molar-refractivity contribution < 1.29 is 9.53 Å². The molecule has 1 rings (SSSR count). The van der Waals surface area contributed by atoms with Gasteiger partial charge >= 0.3 is 0 Å². The van der Waals surface area contributed by atoms with Crippen LogP contribution in [0.3, 0.4) is 0 Å². The van der Waals surface area contributed by atoms with Gasteiger partial charge in [-0.25, -0.2) is 0 Å². The number of carbonyl (C=O) groups is 1. The lowest BCUT2D eigenvalue weighted by Gasteiger charge is -2.22. The van der Waals surface area contributed by atoms with Gasteiger partial charge in [0.2, 0.25) is 0 Å².